The molecule has 0 saturated heterocycles. The standard InChI is InChI=1S/C16H12Cl2F3NO2/c1-9-5-6-11(17)13(7-9)24-8-14(23)22-15-10(16(19,20)21)3-2-4-12(15)18/h2-7H,8H2,1H3,(H,22,23). The molecular weight excluding hydrogens is 366 g/mol. The average molecular weight is 378 g/mol. The monoisotopic (exact) mass is 377 g/mol. The maximum atomic E-state index is 13.0. The van der Waals surface area contributed by atoms with E-state index < -0.39 is 29.9 Å². The van der Waals surface area contributed by atoms with Crippen molar-refractivity contribution in [1.82, 2.24) is 0 Å². The maximum absolute atomic E-state index is 13.0. The molecule has 1 N–H and O–H groups in total. The van der Waals surface area contributed by atoms with Crippen molar-refractivity contribution in [2.24, 2.45) is 0 Å². The first kappa shape index (κ1) is 18.4. The van der Waals surface area contributed by atoms with E-state index in [4.69, 9.17) is 27.9 Å². The van der Waals surface area contributed by atoms with Gasteiger partial charge in [0.25, 0.3) is 5.91 Å². The number of halogens is 5. The lowest BCUT2D eigenvalue weighted by Gasteiger charge is -2.15. The lowest BCUT2D eigenvalue weighted by Crippen LogP contribution is -2.22. The van der Waals surface area contributed by atoms with Gasteiger partial charge in [-0.05, 0) is 36.8 Å². The summed E-state index contributed by atoms with van der Waals surface area (Å²) in [4.78, 5) is 11.9. The Morgan fingerprint density at radius 1 is 1.17 bits per heavy atom. The van der Waals surface area contributed by atoms with Gasteiger partial charge in [-0.15, -0.1) is 0 Å². The largest absolute Gasteiger partial charge is 0.482 e. The number of alkyl halides is 3. The van der Waals surface area contributed by atoms with Crippen LogP contribution < -0.4 is 10.1 Å². The van der Waals surface area contributed by atoms with E-state index in [1.165, 1.54) is 6.07 Å². The molecule has 0 saturated carbocycles. The minimum atomic E-state index is -4.64. The van der Waals surface area contributed by atoms with Crippen LogP contribution in [-0.2, 0) is 11.0 Å². The number of benzene rings is 2. The predicted molar refractivity (Wildman–Crippen MR) is 86.8 cm³/mol. The summed E-state index contributed by atoms with van der Waals surface area (Å²) in [5.74, 6) is -0.520. The third-order valence-electron chi connectivity index (χ3n) is 3.03. The number of ether oxygens (including phenoxy) is 1. The molecule has 128 valence electrons. The van der Waals surface area contributed by atoms with Crippen molar-refractivity contribution in [2.45, 2.75) is 13.1 Å². The Balaban J connectivity index is 2.12. The van der Waals surface area contributed by atoms with E-state index in [0.717, 1.165) is 17.7 Å². The molecule has 1 amide bonds. The number of hydrogen-bond donors (Lipinski definition) is 1. The van der Waals surface area contributed by atoms with Crippen molar-refractivity contribution in [1.29, 1.82) is 0 Å². The molecule has 0 unspecified atom stereocenters. The molecule has 0 radical (unpaired) electrons. The summed E-state index contributed by atoms with van der Waals surface area (Å²) in [5, 5.41) is 2.21. The molecule has 0 atom stereocenters. The fourth-order valence-electron chi connectivity index (χ4n) is 1.93. The van der Waals surface area contributed by atoms with Crippen molar-refractivity contribution >= 4 is 34.8 Å². The number of amides is 1. The predicted octanol–water partition coefficient (Wildman–Crippen LogP) is 5.34. The van der Waals surface area contributed by atoms with E-state index in [2.05, 4.69) is 5.32 Å². The van der Waals surface area contributed by atoms with Gasteiger partial charge in [0.1, 0.15) is 5.75 Å². The smallest absolute Gasteiger partial charge is 0.418 e. The summed E-state index contributed by atoms with van der Waals surface area (Å²) >= 11 is 11.7. The number of anilines is 1. The van der Waals surface area contributed by atoms with Gasteiger partial charge < -0.3 is 10.1 Å². The van der Waals surface area contributed by atoms with Crippen LogP contribution in [0.3, 0.4) is 0 Å². The van der Waals surface area contributed by atoms with Crippen molar-refractivity contribution < 1.29 is 22.7 Å². The summed E-state index contributed by atoms with van der Waals surface area (Å²) in [6, 6.07) is 8.22. The van der Waals surface area contributed by atoms with E-state index in [1.807, 2.05) is 6.92 Å². The lowest BCUT2D eigenvalue weighted by atomic mass is 10.1. The molecule has 2 rings (SSSR count). The molecular formula is C16H12Cl2F3NO2. The van der Waals surface area contributed by atoms with E-state index >= 15 is 0 Å². The van der Waals surface area contributed by atoms with E-state index in [-0.39, 0.29) is 10.8 Å². The van der Waals surface area contributed by atoms with Crippen molar-refractivity contribution in [3.8, 4) is 5.75 Å². The summed E-state index contributed by atoms with van der Waals surface area (Å²) in [5.41, 5.74) is -0.673. The van der Waals surface area contributed by atoms with Gasteiger partial charge in [-0.1, -0.05) is 35.3 Å². The van der Waals surface area contributed by atoms with Crippen LogP contribution in [0.5, 0.6) is 5.75 Å². The van der Waals surface area contributed by atoms with Gasteiger partial charge in [-0.2, -0.15) is 13.2 Å². The van der Waals surface area contributed by atoms with Crippen LogP contribution in [0.1, 0.15) is 11.1 Å². The van der Waals surface area contributed by atoms with Crippen LogP contribution in [0.25, 0.3) is 0 Å². The third-order valence-corrected chi connectivity index (χ3v) is 3.66. The van der Waals surface area contributed by atoms with Gasteiger partial charge in [0, 0.05) is 0 Å². The zero-order chi connectivity index (χ0) is 17.9. The highest BCUT2D eigenvalue weighted by atomic mass is 35.5. The number of carbonyl (C=O) groups is 1. The summed E-state index contributed by atoms with van der Waals surface area (Å²) in [7, 11) is 0. The Bertz CT molecular complexity index is 763. The van der Waals surface area contributed by atoms with Crippen LogP contribution in [0.15, 0.2) is 36.4 Å². The first-order valence-electron chi connectivity index (χ1n) is 6.73. The molecule has 8 heteroatoms. The molecule has 24 heavy (non-hydrogen) atoms. The number of aryl methyl sites for hydroxylation is 1. The highest BCUT2D eigenvalue weighted by Gasteiger charge is 2.34. The quantitative estimate of drug-likeness (QED) is 0.780. The Labute approximate surface area is 146 Å². The Hall–Kier alpha value is -1.92. The summed E-state index contributed by atoms with van der Waals surface area (Å²) in [6.07, 6.45) is -4.64. The maximum Gasteiger partial charge on any atom is 0.418 e. The molecule has 0 spiro atoms. The van der Waals surface area contributed by atoms with Gasteiger partial charge in [0.05, 0.1) is 21.3 Å². The fraction of sp³-hybridized carbons (Fsp3) is 0.188. The molecule has 2 aromatic rings. The van der Waals surface area contributed by atoms with Crippen molar-refractivity contribution in [3.63, 3.8) is 0 Å². The molecule has 0 fully saturated rings. The van der Waals surface area contributed by atoms with Gasteiger partial charge >= 0.3 is 6.18 Å². The Morgan fingerprint density at radius 3 is 2.54 bits per heavy atom. The lowest BCUT2D eigenvalue weighted by molar-refractivity contribution is -0.137. The van der Waals surface area contributed by atoms with Gasteiger partial charge in [0.15, 0.2) is 6.61 Å². The van der Waals surface area contributed by atoms with E-state index in [0.29, 0.717) is 5.02 Å². The number of hydrogen-bond acceptors (Lipinski definition) is 2. The van der Waals surface area contributed by atoms with Crippen LogP contribution in [0.2, 0.25) is 10.0 Å². The first-order chi connectivity index (χ1) is 11.2. The van der Waals surface area contributed by atoms with Crippen molar-refractivity contribution in [3.05, 3.63) is 57.6 Å². The topological polar surface area (TPSA) is 38.3 Å². The second kappa shape index (κ2) is 7.32. The van der Waals surface area contributed by atoms with Crippen LogP contribution in [-0.4, -0.2) is 12.5 Å². The van der Waals surface area contributed by atoms with E-state index in [9.17, 15) is 18.0 Å². The van der Waals surface area contributed by atoms with E-state index in [1.54, 1.807) is 18.2 Å². The average Bonchev–Trinajstić information content (AvgIpc) is 2.49. The van der Waals surface area contributed by atoms with Gasteiger partial charge in [-0.3, -0.25) is 4.79 Å². The number of rotatable bonds is 4. The normalized spacial score (nSPS) is 11.2. The van der Waals surface area contributed by atoms with Crippen molar-refractivity contribution in [2.75, 3.05) is 11.9 Å². The zero-order valence-corrected chi connectivity index (χ0v) is 13.9. The minimum absolute atomic E-state index is 0.216. The highest BCUT2D eigenvalue weighted by molar-refractivity contribution is 6.34. The molecule has 0 bridgehead atoms. The van der Waals surface area contributed by atoms with Gasteiger partial charge in [0.2, 0.25) is 0 Å². The molecule has 0 heterocycles. The second-order valence-corrected chi connectivity index (χ2v) is 5.75. The fourth-order valence-corrected chi connectivity index (χ4v) is 2.32. The molecule has 0 aliphatic heterocycles. The SMILES string of the molecule is Cc1ccc(Cl)c(OCC(=O)Nc2c(Cl)cccc2C(F)(F)F)c1. The molecule has 0 aromatic heterocycles. The molecule has 2 aromatic carbocycles. The first-order valence-corrected chi connectivity index (χ1v) is 7.48. The number of carbonyl (C=O) groups excluding carboxylic acids is 1. The Kier molecular flexibility index (Phi) is 5.62. The third kappa shape index (κ3) is 4.55. The number of nitrogens with one attached hydrogen (secondary N) is 1. The zero-order valence-electron chi connectivity index (χ0n) is 12.4. The summed E-state index contributed by atoms with van der Waals surface area (Å²) in [6.45, 7) is 1.30. The van der Waals surface area contributed by atoms with Crippen LogP contribution in [0, 0.1) is 6.92 Å². The van der Waals surface area contributed by atoms with Crippen LogP contribution >= 0.6 is 23.2 Å². The highest BCUT2D eigenvalue weighted by Crippen LogP contribution is 2.38. The minimum Gasteiger partial charge on any atom is -0.482 e. The van der Waals surface area contributed by atoms with Crippen LogP contribution in [0.4, 0.5) is 18.9 Å². The van der Waals surface area contributed by atoms with Gasteiger partial charge in [-0.25, -0.2) is 0 Å². The second-order valence-electron chi connectivity index (χ2n) is 4.93. The number of para-hydroxylation sites is 1. The Morgan fingerprint density at radius 2 is 1.88 bits per heavy atom. The molecule has 3 nitrogen and oxygen atoms in total. The molecule has 0 aliphatic rings. The molecule has 0 aliphatic carbocycles. The summed E-state index contributed by atoms with van der Waals surface area (Å²) < 4.78 is 44.2.